The van der Waals surface area contributed by atoms with Crippen LogP contribution in [0.5, 0.6) is 5.75 Å². The summed E-state index contributed by atoms with van der Waals surface area (Å²) in [6, 6.07) is 16.5. The molecular weight excluding hydrogens is 248 g/mol. The van der Waals surface area contributed by atoms with Crippen molar-refractivity contribution in [2.24, 2.45) is 5.73 Å². The van der Waals surface area contributed by atoms with Gasteiger partial charge in [-0.1, -0.05) is 31.2 Å². The third-order valence-electron chi connectivity index (χ3n) is 3.59. The highest BCUT2D eigenvalue weighted by molar-refractivity contribution is 5.68. The summed E-state index contributed by atoms with van der Waals surface area (Å²) in [6.45, 7) is 2.10. The molecule has 0 fully saturated rings. The van der Waals surface area contributed by atoms with Gasteiger partial charge in [-0.15, -0.1) is 0 Å². The molecule has 0 bridgehead atoms. The molecule has 0 unspecified atom stereocenters. The van der Waals surface area contributed by atoms with Crippen molar-refractivity contribution in [3.8, 4) is 5.75 Å². The summed E-state index contributed by atoms with van der Waals surface area (Å²) >= 11 is 0. The van der Waals surface area contributed by atoms with E-state index in [-0.39, 0.29) is 6.04 Å². The molecule has 2 aromatic rings. The number of rotatable bonds is 5. The van der Waals surface area contributed by atoms with Gasteiger partial charge >= 0.3 is 0 Å². The zero-order chi connectivity index (χ0) is 14.5. The van der Waals surface area contributed by atoms with Gasteiger partial charge in [0, 0.05) is 18.8 Å². The number of ether oxygens (including phenoxy) is 1. The molecule has 3 heteroatoms. The zero-order valence-electron chi connectivity index (χ0n) is 12.3. The zero-order valence-corrected chi connectivity index (χ0v) is 12.3. The molecule has 0 saturated carbocycles. The number of para-hydroxylation sites is 2. The van der Waals surface area contributed by atoms with Crippen molar-refractivity contribution in [2.45, 2.75) is 19.4 Å². The predicted octanol–water partition coefficient (Wildman–Crippen LogP) is 3.87. The first-order chi connectivity index (χ1) is 9.67. The Morgan fingerprint density at radius 3 is 2.35 bits per heavy atom. The van der Waals surface area contributed by atoms with Crippen LogP contribution in [0.1, 0.15) is 24.9 Å². The molecule has 0 radical (unpaired) electrons. The lowest BCUT2D eigenvalue weighted by Crippen LogP contribution is -2.12. The molecule has 0 saturated heterocycles. The lowest BCUT2D eigenvalue weighted by atomic mass is 10.1. The number of hydrogen-bond donors (Lipinski definition) is 1. The maximum Gasteiger partial charge on any atom is 0.142 e. The lowest BCUT2D eigenvalue weighted by molar-refractivity contribution is 0.415. The molecule has 2 aromatic carbocycles. The fourth-order valence-electron chi connectivity index (χ4n) is 2.23. The van der Waals surface area contributed by atoms with Crippen molar-refractivity contribution in [3.63, 3.8) is 0 Å². The number of nitrogens with zero attached hydrogens (tertiary/aromatic N) is 1. The van der Waals surface area contributed by atoms with Crippen molar-refractivity contribution in [2.75, 3.05) is 19.1 Å². The normalized spacial score (nSPS) is 12.0. The van der Waals surface area contributed by atoms with Gasteiger partial charge in [0.2, 0.25) is 0 Å². The largest absolute Gasteiger partial charge is 0.495 e. The molecule has 0 aliphatic rings. The second-order valence-corrected chi connectivity index (χ2v) is 4.84. The molecule has 3 nitrogen and oxygen atoms in total. The van der Waals surface area contributed by atoms with Gasteiger partial charge in [0.25, 0.3) is 0 Å². The molecule has 0 aliphatic carbocycles. The van der Waals surface area contributed by atoms with E-state index >= 15 is 0 Å². The molecule has 106 valence electrons. The van der Waals surface area contributed by atoms with Gasteiger partial charge < -0.3 is 15.4 Å². The van der Waals surface area contributed by atoms with Crippen LogP contribution >= 0.6 is 0 Å². The van der Waals surface area contributed by atoms with Crippen molar-refractivity contribution in [1.82, 2.24) is 0 Å². The van der Waals surface area contributed by atoms with E-state index < -0.39 is 0 Å². The second-order valence-electron chi connectivity index (χ2n) is 4.84. The lowest BCUT2D eigenvalue weighted by Gasteiger charge is -2.22. The summed E-state index contributed by atoms with van der Waals surface area (Å²) in [5.41, 5.74) is 9.37. The minimum atomic E-state index is 0.112. The summed E-state index contributed by atoms with van der Waals surface area (Å²) in [5.74, 6) is 0.865. The molecule has 0 amide bonds. The van der Waals surface area contributed by atoms with Gasteiger partial charge in [-0.3, -0.25) is 0 Å². The minimum Gasteiger partial charge on any atom is -0.495 e. The Balaban J connectivity index is 2.27. The Labute approximate surface area is 121 Å². The van der Waals surface area contributed by atoms with E-state index in [1.165, 1.54) is 5.56 Å². The predicted molar refractivity (Wildman–Crippen MR) is 84.7 cm³/mol. The molecule has 1 atom stereocenters. The first-order valence-corrected chi connectivity index (χ1v) is 6.89. The quantitative estimate of drug-likeness (QED) is 0.896. The first-order valence-electron chi connectivity index (χ1n) is 6.89. The van der Waals surface area contributed by atoms with Crippen molar-refractivity contribution in [1.29, 1.82) is 0 Å². The van der Waals surface area contributed by atoms with Crippen LogP contribution in [0.25, 0.3) is 0 Å². The SMILES string of the molecule is CC[C@H](N)c1ccc(N(C)c2ccccc2OC)cc1. The Kier molecular flexibility index (Phi) is 4.64. The Bertz CT molecular complexity index is 551. The molecule has 0 spiro atoms. The van der Waals surface area contributed by atoms with Gasteiger partial charge in [-0.25, -0.2) is 0 Å². The van der Waals surface area contributed by atoms with Crippen molar-refractivity contribution < 1.29 is 4.74 Å². The highest BCUT2D eigenvalue weighted by Crippen LogP contribution is 2.32. The fraction of sp³-hybridized carbons (Fsp3) is 0.294. The fourth-order valence-corrected chi connectivity index (χ4v) is 2.23. The van der Waals surface area contributed by atoms with Crippen LogP contribution < -0.4 is 15.4 Å². The van der Waals surface area contributed by atoms with E-state index in [4.69, 9.17) is 10.5 Å². The summed E-state index contributed by atoms with van der Waals surface area (Å²) < 4.78 is 5.41. The van der Waals surface area contributed by atoms with E-state index in [1.54, 1.807) is 7.11 Å². The van der Waals surface area contributed by atoms with E-state index in [0.29, 0.717) is 0 Å². The molecule has 2 N–H and O–H groups in total. The molecular formula is C17H22N2O. The second kappa shape index (κ2) is 6.44. The van der Waals surface area contributed by atoms with E-state index in [9.17, 15) is 0 Å². The Morgan fingerprint density at radius 1 is 1.10 bits per heavy atom. The molecule has 0 aliphatic heterocycles. The maximum absolute atomic E-state index is 6.04. The van der Waals surface area contributed by atoms with E-state index in [2.05, 4.69) is 36.1 Å². The Morgan fingerprint density at radius 2 is 1.75 bits per heavy atom. The first kappa shape index (κ1) is 14.4. The van der Waals surface area contributed by atoms with Crippen LogP contribution in [-0.2, 0) is 0 Å². The van der Waals surface area contributed by atoms with Crippen molar-refractivity contribution in [3.05, 3.63) is 54.1 Å². The van der Waals surface area contributed by atoms with E-state index in [0.717, 1.165) is 23.5 Å². The van der Waals surface area contributed by atoms with Crippen LogP contribution in [0.2, 0.25) is 0 Å². The standard InChI is InChI=1S/C17H22N2O/c1-4-15(18)13-9-11-14(12-10-13)19(2)16-7-5-6-8-17(16)20-3/h5-12,15H,4,18H2,1-3H3/t15-/m0/s1. The van der Waals surface area contributed by atoms with Gasteiger partial charge in [0.15, 0.2) is 0 Å². The number of methoxy groups -OCH3 is 1. The average Bonchev–Trinajstić information content (AvgIpc) is 2.53. The molecule has 0 heterocycles. The molecule has 2 rings (SSSR count). The minimum absolute atomic E-state index is 0.112. The summed E-state index contributed by atoms with van der Waals surface area (Å²) in [7, 11) is 3.72. The third kappa shape index (κ3) is 2.94. The summed E-state index contributed by atoms with van der Waals surface area (Å²) in [6.07, 6.45) is 0.946. The monoisotopic (exact) mass is 270 g/mol. The number of anilines is 2. The molecule has 0 aromatic heterocycles. The number of nitrogens with two attached hydrogens (primary N) is 1. The van der Waals surface area contributed by atoms with Gasteiger partial charge in [0.05, 0.1) is 12.8 Å². The van der Waals surface area contributed by atoms with Crippen LogP contribution in [-0.4, -0.2) is 14.2 Å². The van der Waals surface area contributed by atoms with Crippen LogP contribution in [0.4, 0.5) is 11.4 Å². The van der Waals surface area contributed by atoms with Gasteiger partial charge in [0.1, 0.15) is 5.75 Å². The van der Waals surface area contributed by atoms with Crippen LogP contribution in [0, 0.1) is 0 Å². The number of hydrogen-bond acceptors (Lipinski definition) is 3. The van der Waals surface area contributed by atoms with Crippen molar-refractivity contribution >= 4 is 11.4 Å². The van der Waals surface area contributed by atoms with E-state index in [1.807, 2.05) is 31.3 Å². The van der Waals surface area contributed by atoms with Crippen LogP contribution in [0.3, 0.4) is 0 Å². The highest BCUT2D eigenvalue weighted by Gasteiger charge is 2.10. The summed E-state index contributed by atoms with van der Waals surface area (Å²) in [4.78, 5) is 2.11. The highest BCUT2D eigenvalue weighted by atomic mass is 16.5. The maximum atomic E-state index is 6.04. The topological polar surface area (TPSA) is 38.5 Å². The van der Waals surface area contributed by atoms with Gasteiger partial charge in [-0.2, -0.15) is 0 Å². The van der Waals surface area contributed by atoms with Crippen LogP contribution in [0.15, 0.2) is 48.5 Å². The van der Waals surface area contributed by atoms with Gasteiger partial charge in [-0.05, 0) is 36.2 Å². The number of benzene rings is 2. The molecule has 20 heavy (non-hydrogen) atoms. The average molecular weight is 270 g/mol. The smallest absolute Gasteiger partial charge is 0.142 e. The third-order valence-corrected chi connectivity index (χ3v) is 3.59. The summed E-state index contributed by atoms with van der Waals surface area (Å²) in [5, 5.41) is 0. The Hall–Kier alpha value is -2.00.